The van der Waals surface area contributed by atoms with Gasteiger partial charge in [-0.05, 0) is 31.4 Å². The SMILES string of the molecule is CC(CCc1ccccc1)NCC(O)c1cc(O)cc2[nH]c(=O)sc12. The lowest BCUT2D eigenvalue weighted by atomic mass is 10.1. The minimum atomic E-state index is -0.791. The number of nitrogens with one attached hydrogen (secondary N) is 2. The number of aromatic amines is 1. The molecule has 6 heteroatoms. The van der Waals surface area contributed by atoms with Crippen LogP contribution >= 0.6 is 11.3 Å². The van der Waals surface area contributed by atoms with Gasteiger partial charge in [-0.3, -0.25) is 4.79 Å². The van der Waals surface area contributed by atoms with E-state index in [0.29, 0.717) is 22.3 Å². The zero-order valence-electron chi connectivity index (χ0n) is 14.0. The average Bonchev–Trinajstić information content (AvgIpc) is 2.97. The number of aliphatic hydroxyl groups is 1. The highest BCUT2D eigenvalue weighted by Crippen LogP contribution is 2.29. The number of phenols is 1. The minimum Gasteiger partial charge on any atom is -0.508 e. The number of aromatic nitrogens is 1. The Morgan fingerprint density at radius 2 is 2.00 bits per heavy atom. The van der Waals surface area contributed by atoms with Crippen LogP contribution in [-0.2, 0) is 6.42 Å². The van der Waals surface area contributed by atoms with Crippen molar-refractivity contribution in [1.29, 1.82) is 0 Å². The molecule has 5 nitrogen and oxygen atoms in total. The van der Waals surface area contributed by atoms with E-state index in [4.69, 9.17) is 0 Å². The maximum atomic E-state index is 11.5. The van der Waals surface area contributed by atoms with Gasteiger partial charge in [0.05, 0.1) is 16.3 Å². The quantitative estimate of drug-likeness (QED) is 0.523. The third-order valence-corrected chi connectivity index (χ3v) is 5.21. The zero-order valence-corrected chi connectivity index (χ0v) is 14.8. The molecule has 0 bridgehead atoms. The molecule has 1 heterocycles. The highest BCUT2D eigenvalue weighted by molar-refractivity contribution is 7.16. The van der Waals surface area contributed by atoms with Crippen molar-refractivity contribution in [2.24, 2.45) is 0 Å². The number of hydrogen-bond acceptors (Lipinski definition) is 5. The summed E-state index contributed by atoms with van der Waals surface area (Å²) >= 11 is 1.05. The van der Waals surface area contributed by atoms with E-state index in [2.05, 4.69) is 29.4 Å². The molecule has 2 atom stereocenters. The number of hydrogen-bond donors (Lipinski definition) is 4. The summed E-state index contributed by atoms with van der Waals surface area (Å²) in [6, 6.07) is 13.6. The summed E-state index contributed by atoms with van der Waals surface area (Å²) in [6.07, 6.45) is 1.14. The molecule has 3 aromatic rings. The van der Waals surface area contributed by atoms with Crippen LogP contribution in [0.4, 0.5) is 0 Å². The van der Waals surface area contributed by atoms with Crippen molar-refractivity contribution in [1.82, 2.24) is 10.3 Å². The molecule has 0 fully saturated rings. The van der Waals surface area contributed by atoms with Gasteiger partial charge in [0, 0.05) is 24.2 Å². The second kappa shape index (κ2) is 7.82. The second-order valence-corrected chi connectivity index (χ2v) is 7.26. The number of aryl methyl sites for hydroxylation is 1. The van der Waals surface area contributed by atoms with Crippen LogP contribution in [0.3, 0.4) is 0 Å². The summed E-state index contributed by atoms with van der Waals surface area (Å²) in [6.45, 7) is 2.45. The summed E-state index contributed by atoms with van der Waals surface area (Å²) in [4.78, 5) is 14.0. The Morgan fingerprint density at radius 3 is 2.76 bits per heavy atom. The van der Waals surface area contributed by atoms with Crippen LogP contribution in [0.2, 0.25) is 0 Å². The molecule has 132 valence electrons. The highest BCUT2D eigenvalue weighted by Gasteiger charge is 2.16. The fourth-order valence-corrected chi connectivity index (χ4v) is 3.75. The van der Waals surface area contributed by atoms with Gasteiger partial charge in [0.15, 0.2) is 0 Å². The molecule has 0 radical (unpaired) electrons. The first kappa shape index (κ1) is 17.7. The first-order valence-electron chi connectivity index (χ1n) is 8.34. The van der Waals surface area contributed by atoms with Crippen molar-refractivity contribution < 1.29 is 10.2 Å². The van der Waals surface area contributed by atoms with E-state index < -0.39 is 6.10 Å². The Hall–Kier alpha value is -2.15. The molecule has 0 saturated carbocycles. The van der Waals surface area contributed by atoms with Crippen LogP contribution in [0.25, 0.3) is 10.2 Å². The predicted molar refractivity (Wildman–Crippen MR) is 101 cm³/mol. The third-order valence-electron chi connectivity index (χ3n) is 4.26. The van der Waals surface area contributed by atoms with Gasteiger partial charge < -0.3 is 20.5 Å². The lowest BCUT2D eigenvalue weighted by molar-refractivity contribution is 0.171. The lowest BCUT2D eigenvalue weighted by Gasteiger charge is -2.18. The summed E-state index contributed by atoms with van der Waals surface area (Å²) in [7, 11) is 0. The number of thiazole rings is 1. The molecule has 0 aliphatic rings. The summed E-state index contributed by atoms with van der Waals surface area (Å²) in [5, 5.41) is 23.6. The monoisotopic (exact) mass is 358 g/mol. The van der Waals surface area contributed by atoms with Gasteiger partial charge in [-0.1, -0.05) is 41.7 Å². The van der Waals surface area contributed by atoms with Crippen LogP contribution in [0.1, 0.15) is 30.6 Å². The molecule has 0 saturated heterocycles. The van der Waals surface area contributed by atoms with Gasteiger partial charge in [-0.2, -0.15) is 0 Å². The largest absolute Gasteiger partial charge is 0.508 e. The maximum Gasteiger partial charge on any atom is 0.305 e. The van der Waals surface area contributed by atoms with Crippen molar-refractivity contribution in [3.63, 3.8) is 0 Å². The molecule has 3 rings (SSSR count). The van der Waals surface area contributed by atoms with E-state index >= 15 is 0 Å². The second-order valence-electron chi connectivity index (χ2n) is 6.28. The number of fused-ring (bicyclic) bond motifs is 1. The third kappa shape index (κ3) is 4.48. The fourth-order valence-electron chi connectivity index (χ4n) is 2.87. The van der Waals surface area contributed by atoms with Gasteiger partial charge in [-0.15, -0.1) is 0 Å². The summed E-state index contributed by atoms with van der Waals surface area (Å²) < 4.78 is 0.689. The van der Waals surface area contributed by atoms with Crippen molar-refractivity contribution in [2.45, 2.75) is 31.9 Å². The van der Waals surface area contributed by atoms with Gasteiger partial charge >= 0.3 is 4.87 Å². The Kier molecular flexibility index (Phi) is 5.53. The number of aromatic hydroxyl groups is 1. The van der Waals surface area contributed by atoms with Crippen LogP contribution in [-0.4, -0.2) is 27.8 Å². The fraction of sp³-hybridized carbons (Fsp3) is 0.316. The van der Waals surface area contributed by atoms with Crippen LogP contribution in [0.15, 0.2) is 47.3 Å². The van der Waals surface area contributed by atoms with Gasteiger partial charge in [0.2, 0.25) is 0 Å². The molecule has 4 N–H and O–H groups in total. The van der Waals surface area contributed by atoms with Crippen LogP contribution < -0.4 is 10.2 Å². The van der Waals surface area contributed by atoms with E-state index in [1.165, 1.54) is 17.7 Å². The zero-order chi connectivity index (χ0) is 17.8. The first-order chi connectivity index (χ1) is 12.0. The molecule has 1 aromatic heterocycles. The van der Waals surface area contributed by atoms with Crippen molar-refractivity contribution >= 4 is 21.6 Å². The summed E-state index contributed by atoms with van der Waals surface area (Å²) in [5.41, 5.74) is 2.42. The molecule has 0 amide bonds. The van der Waals surface area contributed by atoms with Crippen LogP contribution in [0.5, 0.6) is 5.75 Å². The van der Waals surface area contributed by atoms with Crippen molar-refractivity contribution in [3.05, 3.63) is 63.3 Å². The van der Waals surface area contributed by atoms with E-state index in [1.54, 1.807) is 0 Å². The van der Waals surface area contributed by atoms with E-state index in [9.17, 15) is 15.0 Å². The average molecular weight is 358 g/mol. The minimum absolute atomic E-state index is 0.0349. The Balaban J connectivity index is 1.60. The highest BCUT2D eigenvalue weighted by atomic mass is 32.1. The predicted octanol–water partition coefficient (Wildman–Crippen LogP) is 2.94. The topological polar surface area (TPSA) is 85.3 Å². The number of phenolic OH excluding ortho intramolecular Hbond substituents is 1. The first-order valence-corrected chi connectivity index (χ1v) is 9.15. The molecule has 25 heavy (non-hydrogen) atoms. The van der Waals surface area contributed by atoms with E-state index in [1.807, 2.05) is 18.2 Å². The van der Waals surface area contributed by atoms with Crippen molar-refractivity contribution in [2.75, 3.05) is 6.54 Å². The number of benzene rings is 2. The Bertz CT molecular complexity index is 889. The Morgan fingerprint density at radius 1 is 1.24 bits per heavy atom. The van der Waals surface area contributed by atoms with Crippen molar-refractivity contribution in [3.8, 4) is 5.75 Å². The smallest absolute Gasteiger partial charge is 0.305 e. The molecule has 2 unspecified atom stereocenters. The van der Waals surface area contributed by atoms with Gasteiger partial charge in [-0.25, -0.2) is 0 Å². The number of rotatable bonds is 7. The van der Waals surface area contributed by atoms with E-state index in [-0.39, 0.29) is 16.7 Å². The lowest BCUT2D eigenvalue weighted by Crippen LogP contribution is -2.30. The van der Waals surface area contributed by atoms with Gasteiger partial charge in [0.25, 0.3) is 0 Å². The van der Waals surface area contributed by atoms with Crippen LogP contribution in [0, 0.1) is 0 Å². The van der Waals surface area contributed by atoms with E-state index in [0.717, 1.165) is 24.2 Å². The maximum absolute atomic E-state index is 11.5. The standard InChI is InChI=1S/C19H22N2O3S/c1-12(7-8-13-5-3-2-4-6-13)20-11-17(23)15-9-14(22)10-16-18(15)25-19(24)21-16/h2-6,9-10,12,17,20,22-23H,7-8,11H2,1H3,(H,21,24). The number of aliphatic hydroxyl groups excluding tert-OH is 1. The molecular weight excluding hydrogens is 336 g/mol. The molecular formula is C19H22N2O3S. The molecule has 2 aromatic carbocycles. The molecule has 0 aliphatic heterocycles. The van der Waals surface area contributed by atoms with Gasteiger partial charge in [0.1, 0.15) is 5.75 Å². The Labute approximate surface area is 150 Å². The summed E-state index contributed by atoms with van der Waals surface area (Å²) in [5.74, 6) is 0.0349. The molecule has 0 aliphatic carbocycles. The normalized spacial score (nSPS) is 13.8. The number of H-pyrrole nitrogens is 1. The molecule has 0 spiro atoms.